The van der Waals surface area contributed by atoms with E-state index >= 15 is 0 Å². The molecule has 0 aliphatic carbocycles. The molecule has 0 N–H and O–H groups in total. The molecule has 1 aliphatic heterocycles. The number of hydrogen-bond donors (Lipinski definition) is 0. The van der Waals surface area contributed by atoms with Gasteiger partial charge in [0.2, 0.25) is 0 Å². The first kappa shape index (κ1) is 16.4. The second-order valence-electron chi connectivity index (χ2n) is 5.30. The summed E-state index contributed by atoms with van der Waals surface area (Å²) in [7, 11) is 0. The molecule has 3 rings (SSSR count). The summed E-state index contributed by atoms with van der Waals surface area (Å²) in [6, 6.07) is 13.4. The molecule has 23 heavy (non-hydrogen) atoms. The summed E-state index contributed by atoms with van der Waals surface area (Å²) in [5, 5.41) is 8.52. The van der Waals surface area contributed by atoms with Crippen molar-refractivity contribution in [3.8, 4) is 0 Å². The second-order valence-corrected chi connectivity index (χ2v) is 6.55. The van der Waals surface area contributed by atoms with Crippen LogP contribution in [0.1, 0.15) is 5.56 Å². The van der Waals surface area contributed by atoms with Gasteiger partial charge in [-0.15, -0.1) is 0 Å². The predicted octanol–water partition coefficient (Wildman–Crippen LogP) is 4.80. The average molecular weight is 369 g/mol. The van der Waals surface area contributed by atoms with Crippen LogP contribution in [0, 0.1) is 0 Å². The van der Waals surface area contributed by atoms with E-state index in [4.69, 9.17) is 34.8 Å². The van der Waals surface area contributed by atoms with E-state index in [1.165, 1.54) is 5.69 Å². The van der Waals surface area contributed by atoms with E-state index in [2.05, 4.69) is 10.0 Å². The van der Waals surface area contributed by atoms with Crippen molar-refractivity contribution >= 4 is 46.7 Å². The molecule has 0 bridgehead atoms. The maximum atomic E-state index is 6.15. The van der Waals surface area contributed by atoms with Gasteiger partial charge in [0.05, 0.1) is 29.3 Å². The normalized spacial score (nSPS) is 15.4. The Kier molecular flexibility index (Phi) is 5.31. The molecular weight excluding hydrogens is 353 g/mol. The highest BCUT2D eigenvalue weighted by Crippen LogP contribution is 2.23. The zero-order valence-corrected chi connectivity index (χ0v) is 14.7. The molecule has 0 unspecified atom stereocenters. The monoisotopic (exact) mass is 367 g/mol. The van der Waals surface area contributed by atoms with Crippen molar-refractivity contribution in [3.05, 3.63) is 63.1 Å². The van der Waals surface area contributed by atoms with Crippen molar-refractivity contribution in [3.63, 3.8) is 0 Å². The van der Waals surface area contributed by atoms with Gasteiger partial charge in [0.25, 0.3) is 0 Å². The van der Waals surface area contributed by atoms with Gasteiger partial charge < -0.3 is 4.90 Å². The molecule has 1 heterocycles. The number of benzene rings is 2. The van der Waals surface area contributed by atoms with Crippen LogP contribution in [0.2, 0.25) is 15.1 Å². The molecule has 3 nitrogen and oxygen atoms in total. The molecule has 6 heteroatoms. The van der Waals surface area contributed by atoms with E-state index in [0.717, 1.165) is 36.8 Å². The standard InChI is InChI=1S/C17H16Cl3N3/c18-13-4-6-14(7-5-13)22-8-10-23(11-9-22)21-12-15-16(19)2-1-3-17(15)20/h1-7,12H,8-11H2. The fourth-order valence-corrected chi connectivity index (χ4v) is 3.12. The highest BCUT2D eigenvalue weighted by Gasteiger charge is 2.15. The van der Waals surface area contributed by atoms with Crippen LogP contribution in [0.4, 0.5) is 5.69 Å². The van der Waals surface area contributed by atoms with Gasteiger partial charge in [-0.3, -0.25) is 5.01 Å². The Bertz CT molecular complexity index is 672. The molecule has 120 valence electrons. The number of rotatable bonds is 3. The van der Waals surface area contributed by atoms with E-state index in [1.807, 2.05) is 47.5 Å². The summed E-state index contributed by atoms with van der Waals surface area (Å²) in [5.74, 6) is 0. The quantitative estimate of drug-likeness (QED) is 0.724. The number of anilines is 1. The summed E-state index contributed by atoms with van der Waals surface area (Å²) in [4.78, 5) is 2.32. The van der Waals surface area contributed by atoms with Crippen LogP contribution < -0.4 is 4.90 Å². The van der Waals surface area contributed by atoms with Gasteiger partial charge in [0, 0.05) is 29.4 Å². The third-order valence-corrected chi connectivity index (χ3v) is 4.71. The van der Waals surface area contributed by atoms with Crippen LogP contribution in [0.15, 0.2) is 47.6 Å². The first-order valence-electron chi connectivity index (χ1n) is 7.37. The molecule has 1 saturated heterocycles. The van der Waals surface area contributed by atoms with Crippen LogP contribution >= 0.6 is 34.8 Å². The SMILES string of the molecule is Clc1ccc(N2CCN(N=Cc3c(Cl)cccc3Cl)CC2)cc1. The minimum Gasteiger partial charge on any atom is -0.368 e. The predicted molar refractivity (Wildman–Crippen MR) is 99.3 cm³/mol. The Morgan fingerprint density at radius 2 is 1.43 bits per heavy atom. The lowest BCUT2D eigenvalue weighted by molar-refractivity contribution is 0.272. The van der Waals surface area contributed by atoms with Crippen molar-refractivity contribution in [1.29, 1.82) is 0 Å². The minimum atomic E-state index is 0.612. The number of hydrogen-bond acceptors (Lipinski definition) is 3. The van der Waals surface area contributed by atoms with E-state index < -0.39 is 0 Å². The minimum absolute atomic E-state index is 0.612. The molecular formula is C17H16Cl3N3. The van der Waals surface area contributed by atoms with Crippen LogP contribution in [0.3, 0.4) is 0 Å². The summed E-state index contributed by atoms with van der Waals surface area (Å²) in [5.41, 5.74) is 1.95. The zero-order chi connectivity index (χ0) is 16.2. The third-order valence-electron chi connectivity index (χ3n) is 3.80. The Hall–Kier alpha value is -1.42. The lowest BCUT2D eigenvalue weighted by atomic mass is 10.2. The first-order chi connectivity index (χ1) is 11.1. The molecule has 2 aromatic carbocycles. The number of hydrazone groups is 1. The summed E-state index contributed by atoms with van der Waals surface area (Å²) in [6.07, 6.45) is 1.74. The molecule has 0 spiro atoms. The molecule has 0 atom stereocenters. The average Bonchev–Trinajstić information content (AvgIpc) is 2.56. The largest absolute Gasteiger partial charge is 0.368 e. The summed E-state index contributed by atoms with van der Waals surface area (Å²) < 4.78 is 0. The Labute approximate surface area is 151 Å². The zero-order valence-electron chi connectivity index (χ0n) is 12.4. The van der Waals surface area contributed by atoms with Crippen LogP contribution in [-0.2, 0) is 0 Å². The van der Waals surface area contributed by atoms with Gasteiger partial charge >= 0.3 is 0 Å². The van der Waals surface area contributed by atoms with Crippen molar-refractivity contribution in [2.45, 2.75) is 0 Å². The van der Waals surface area contributed by atoms with Crippen LogP contribution in [0.5, 0.6) is 0 Å². The maximum Gasteiger partial charge on any atom is 0.0572 e. The van der Waals surface area contributed by atoms with E-state index in [0.29, 0.717) is 10.0 Å². The molecule has 0 saturated carbocycles. The number of piperazine rings is 1. The van der Waals surface area contributed by atoms with Crippen LogP contribution in [0.25, 0.3) is 0 Å². The van der Waals surface area contributed by atoms with Gasteiger partial charge in [-0.1, -0.05) is 40.9 Å². The Morgan fingerprint density at radius 3 is 2.04 bits per heavy atom. The van der Waals surface area contributed by atoms with E-state index in [-0.39, 0.29) is 0 Å². The molecule has 2 aromatic rings. The van der Waals surface area contributed by atoms with Gasteiger partial charge in [0.1, 0.15) is 0 Å². The van der Waals surface area contributed by atoms with Crippen molar-refractivity contribution in [2.75, 3.05) is 31.1 Å². The third kappa shape index (κ3) is 4.11. The topological polar surface area (TPSA) is 18.8 Å². The molecule has 0 aromatic heterocycles. The van der Waals surface area contributed by atoms with E-state index in [9.17, 15) is 0 Å². The molecule has 1 aliphatic rings. The van der Waals surface area contributed by atoms with Crippen LogP contribution in [-0.4, -0.2) is 37.4 Å². The lowest BCUT2D eigenvalue weighted by Gasteiger charge is -2.34. The summed E-state index contributed by atoms with van der Waals surface area (Å²) >= 11 is 18.2. The second kappa shape index (κ2) is 7.43. The fourth-order valence-electron chi connectivity index (χ4n) is 2.49. The van der Waals surface area contributed by atoms with Crippen molar-refractivity contribution in [1.82, 2.24) is 5.01 Å². The fraction of sp³-hybridized carbons (Fsp3) is 0.235. The van der Waals surface area contributed by atoms with E-state index in [1.54, 1.807) is 6.21 Å². The van der Waals surface area contributed by atoms with Crippen molar-refractivity contribution in [2.24, 2.45) is 5.10 Å². The molecule has 1 fully saturated rings. The highest BCUT2D eigenvalue weighted by molar-refractivity contribution is 6.38. The van der Waals surface area contributed by atoms with Gasteiger partial charge in [-0.05, 0) is 36.4 Å². The van der Waals surface area contributed by atoms with Gasteiger partial charge in [-0.2, -0.15) is 5.10 Å². The first-order valence-corrected chi connectivity index (χ1v) is 8.50. The molecule has 0 amide bonds. The molecule has 0 radical (unpaired) electrons. The van der Waals surface area contributed by atoms with Crippen molar-refractivity contribution < 1.29 is 0 Å². The number of halogens is 3. The lowest BCUT2D eigenvalue weighted by Crippen LogP contribution is -2.44. The Balaban J connectivity index is 1.61. The maximum absolute atomic E-state index is 6.15. The number of nitrogens with zero attached hydrogens (tertiary/aromatic N) is 3. The highest BCUT2D eigenvalue weighted by atomic mass is 35.5. The summed E-state index contributed by atoms with van der Waals surface area (Å²) in [6.45, 7) is 3.52. The Morgan fingerprint density at radius 1 is 0.826 bits per heavy atom. The smallest absolute Gasteiger partial charge is 0.0572 e. The van der Waals surface area contributed by atoms with Gasteiger partial charge in [-0.25, -0.2) is 0 Å². The van der Waals surface area contributed by atoms with Gasteiger partial charge in [0.15, 0.2) is 0 Å².